The zero-order valence-electron chi connectivity index (χ0n) is 17.2. The lowest BCUT2D eigenvalue weighted by atomic mass is 10.0. The van der Waals surface area contributed by atoms with Crippen molar-refractivity contribution in [1.82, 2.24) is 9.55 Å². The third-order valence-corrected chi connectivity index (χ3v) is 7.57. The number of H-pyrrole nitrogens is 1. The predicted octanol–water partition coefficient (Wildman–Crippen LogP) is -2.74. The SMILES string of the molecule is O=c1ccn(C2C[C@H](O)[C@@H](COP(=O)(O)OP(=O)(O)OC3CC(O)C(O)C(CO)O3)O2)c(=O)[nH]1. The van der Waals surface area contributed by atoms with E-state index in [-0.39, 0.29) is 6.42 Å². The molecule has 17 nitrogen and oxygen atoms in total. The Kier molecular flexibility index (Phi) is 8.63. The van der Waals surface area contributed by atoms with Gasteiger partial charge in [0.25, 0.3) is 5.56 Å². The van der Waals surface area contributed by atoms with Gasteiger partial charge in [-0.3, -0.25) is 23.4 Å². The van der Waals surface area contributed by atoms with E-state index in [0.29, 0.717) is 0 Å². The van der Waals surface area contributed by atoms with Crippen LogP contribution >= 0.6 is 15.6 Å². The highest BCUT2D eigenvalue weighted by Crippen LogP contribution is 2.61. The first-order valence-electron chi connectivity index (χ1n) is 9.77. The lowest BCUT2D eigenvalue weighted by Crippen LogP contribution is -2.50. The van der Waals surface area contributed by atoms with Gasteiger partial charge in [0.05, 0.1) is 25.4 Å². The maximum atomic E-state index is 12.1. The number of nitrogens with zero attached hydrogens (tertiary/aromatic N) is 1. The molecule has 0 saturated carbocycles. The molecule has 7 N–H and O–H groups in total. The van der Waals surface area contributed by atoms with Crippen molar-refractivity contribution in [3.63, 3.8) is 0 Å². The molecular weight excluding hydrogens is 510 g/mol. The average Bonchev–Trinajstić information content (AvgIpc) is 3.08. The Labute approximate surface area is 190 Å². The summed E-state index contributed by atoms with van der Waals surface area (Å²) in [7, 11) is -10.6. The summed E-state index contributed by atoms with van der Waals surface area (Å²) in [6, 6.07) is 1.05. The van der Waals surface area contributed by atoms with Crippen LogP contribution in [0.2, 0.25) is 0 Å². The smallest absolute Gasteiger partial charge is 0.394 e. The van der Waals surface area contributed by atoms with Gasteiger partial charge in [-0.2, -0.15) is 4.31 Å². The minimum atomic E-state index is -5.33. The number of nitrogens with one attached hydrogen (secondary N) is 1. The maximum Gasteiger partial charge on any atom is 0.483 e. The number of aromatic nitrogens is 2. The number of phosphoric ester groups is 2. The molecule has 2 aliphatic rings. The second-order valence-corrected chi connectivity index (χ2v) is 10.4. The first kappa shape index (κ1) is 27.3. The minimum Gasteiger partial charge on any atom is -0.394 e. The average molecular weight is 534 g/mol. The first-order valence-corrected chi connectivity index (χ1v) is 12.8. The molecule has 1 aromatic rings. The van der Waals surface area contributed by atoms with Crippen LogP contribution in [0.3, 0.4) is 0 Å². The van der Waals surface area contributed by atoms with Gasteiger partial charge < -0.3 is 39.7 Å². The topological polar surface area (TPSA) is 257 Å². The number of ether oxygens (including phenoxy) is 2. The van der Waals surface area contributed by atoms with Gasteiger partial charge in [-0.25, -0.2) is 13.9 Å². The van der Waals surface area contributed by atoms with Crippen molar-refractivity contribution in [2.45, 2.75) is 55.9 Å². The van der Waals surface area contributed by atoms with Gasteiger partial charge in [-0.15, -0.1) is 0 Å². The Morgan fingerprint density at radius 2 is 1.76 bits per heavy atom. The van der Waals surface area contributed by atoms with Gasteiger partial charge in [-0.05, 0) is 0 Å². The monoisotopic (exact) mass is 534 g/mol. The number of phosphoric acid groups is 2. The standard InChI is InChI=1S/C15H24N2O15P2/c18-5-9-14(22)8(20)4-13(30-9)31-34(26,27)32-33(24,25)28-6-10-7(19)3-12(29-10)17-2-1-11(21)16-15(17)23/h1-2,7-10,12-14,18-20,22H,3-6H2,(H,24,25)(H,26,27)(H,16,21,23)/t7-,8?,9?,10+,12?,13?,14?/m0/s1. The highest BCUT2D eigenvalue weighted by molar-refractivity contribution is 7.61. The molecule has 0 aromatic carbocycles. The summed E-state index contributed by atoms with van der Waals surface area (Å²) in [5.74, 6) is 0. The van der Waals surface area contributed by atoms with E-state index in [1.54, 1.807) is 0 Å². The summed E-state index contributed by atoms with van der Waals surface area (Å²) < 4.78 is 48.9. The molecule has 9 atom stereocenters. The molecule has 194 valence electrons. The molecule has 0 spiro atoms. The summed E-state index contributed by atoms with van der Waals surface area (Å²) in [5, 5.41) is 38.5. The zero-order valence-corrected chi connectivity index (χ0v) is 19.0. The molecule has 1 aromatic heterocycles. The largest absolute Gasteiger partial charge is 0.483 e. The van der Waals surface area contributed by atoms with E-state index in [1.165, 1.54) is 0 Å². The normalized spacial score (nSPS) is 35.5. The van der Waals surface area contributed by atoms with E-state index in [9.17, 15) is 43.8 Å². The zero-order chi connectivity index (χ0) is 25.3. The third kappa shape index (κ3) is 6.89. The van der Waals surface area contributed by atoms with Crippen LogP contribution < -0.4 is 11.2 Å². The number of hydrogen-bond acceptors (Lipinski definition) is 13. The molecule has 0 amide bonds. The van der Waals surface area contributed by atoms with Crippen LogP contribution in [0.4, 0.5) is 0 Å². The summed E-state index contributed by atoms with van der Waals surface area (Å²) >= 11 is 0. The highest BCUT2D eigenvalue weighted by Gasteiger charge is 2.44. The van der Waals surface area contributed by atoms with Crippen molar-refractivity contribution in [1.29, 1.82) is 0 Å². The number of rotatable bonds is 9. The molecular formula is C15H24N2O15P2. The van der Waals surface area contributed by atoms with Crippen molar-refractivity contribution >= 4 is 15.6 Å². The molecule has 0 aliphatic carbocycles. The molecule has 3 rings (SSSR count). The van der Waals surface area contributed by atoms with Gasteiger partial charge in [-0.1, -0.05) is 0 Å². The lowest BCUT2D eigenvalue weighted by molar-refractivity contribution is -0.233. The van der Waals surface area contributed by atoms with Crippen molar-refractivity contribution in [3.05, 3.63) is 33.1 Å². The number of aliphatic hydroxyl groups excluding tert-OH is 4. The van der Waals surface area contributed by atoms with E-state index in [2.05, 4.69) is 13.4 Å². The van der Waals surface area contributed by atoms with Crippen molar-refractivity contribution in [3.8, 4) is 0 Å². The fourth-order valence-corrected chi connectivity index (χ4v) is 5.47. The highest BCUT2D eigenvalue weighted by atomic mass is 31.3. The van der Waals surface area contributed by atoms with E-state index in [0.717, 1.165) is 16.8 Å². The van der Waals surface area contributed by atoms with Crippen LogP contribution in [0.5, 0.6) is 0 Å². The van der Waals surface area contributed by atoms with Crippen LogP contribution in [0.1, 0.15) is 19.1 Å². The van der Waals surface area contributed by atoms with Gasteiger partial charge >= 0.3 is 21.3 Å². The molecule has 2 fully saturated rings. The second kappa shape index (κ2) is 10.8. The van der Waals surface area contributed by atoms with Gasteiger partial charge in [0, 0.05) is 25.1 Å². The Bertz CT molecular complexity index is 1060. The maximum absolute atomic E-state index is 12.1. The van der Waals surface area contributed by atoms with E-state index < -0.39 is 89.6 Å². The Balaban J connectivity index is 1.55. The van der Waals surface area contributed by atoms with Crippen LogP contribution in [0.15, 0.2) is 21.9 Å². The second-order valence-electron chi connectivity index (χ2n) is 7.45. The van der Waals surface area contributed by atoms with Crippen LogP contribution in [-0.4, -0.2) is 89.8 Å². The first-order chi connectivity index (χ1) is 15.8. The Morgan fingerprint density at radius 1 is 1.06 bits per heavy atom. The van der Waals surface area contributed by atoms with Crippen molar-refractivity contribution in [2.75, 3.05) is 13.2 Å². The number of aliphatic hydroxyl groups is 4. The van der Waals surface area contributed by atoms with E-state index in [4.69, 9.17) is 14.6 Å². The molecule has 3 heterocycles. The fourth-order valence-electron chi connectivity index (χ4n) is 3.31. The lowest BCUT2D eigenvalue weighted by Gasteiger charge is -2.36. The molecule has 34 heavy (non-hydrogen) atoms. The fraction of sp³-hybridized carbons (Fsp3) is 0.733. The summed E-state index contributed by atoms with van der Waals surface area (Å²) in [4.78, 5) is 44.5. The van der Waals surface area contributed by atoms with Gasteiger partial charge in [0.2, 0.25) is 0 Å². The van der Waals surface area contributed by atoms with Crippen molar-refractivity contribution in [2.24, 2.45) is 0 Å². The van der Waals surface area contributed by atoms with Crippen LogP contribution in [0.25, 0.3) is 0 Å². The molecule has 7 unspecified atom stereocenters. The quantitative estimate of drug-likeness (QED) is 0.159. The molecule has 2 aliphatic heterocycles. The van der Waals surface area contributed by atoms with Gasteiger partial charge in [0.1, 0.15) is 24.5 Å². The van der Waals surface area contributed by atoms with Crippen LogP contribution in [-0.2, 0) is 32.0 Å². The van der Waals surface area contributed by atoms with Crippen LogP contribution in [0, 0.1) is 0 Å². The molecule has 0 bridgehead atoms. The Hall–Kier alpha value is -1.30. The Morgan fingerprint density at radius 3 is 2.41 bits per heavy atom. The number of hydrogen-bond donors (Lipinski definition) is 7. The summed E-state index contributed by atoms with van der Waals surface area (Å²) in [5.41, 5.74) is -1.46. The van der Waals surface area contributed by atoms with E-state index in [1.807, 2.05) is 4.98 Å². The van der Waals surface area contributed by atoms with E-state index >= 15 is 0 Å². The third-order valence-electron chi connectivity index (χ3n) is 4.94. The molecule has 0 radical (unpaired) electrons. The summed E-state index contributed by atoms with van der Waals surface area (Å²) in [6.45, 7) is -1.56. The summed E-state index contributed by atoms with van der Waals surface area (Å²) in [6.07, 6.45) is -9.11. The van der Waals surface area contributed by atoms with Crippen molar-refractivity contribution < 1.29 is 62.2 Å². The number of aromatic amines is 1. The minimum absolute atomic E-state index is 0.141. The molecule has 2 saturated heterocycles. The van der Waals surface area contributed by atoms with Gasteiger partial charge in [0.15, 0.2) is 6.29 Å². The molecule has 19 heteroatoms. The predicted molar refractivity (Wildman–Crippen MR) is 106 cm³/mol.